The lowest BCUT2D eigenvalue weighted by Crippen LogP contribution is -3.00. The maximum atomic E-state index is 9.96. The highest BCUT2D eigenvalue weighted by atomic mass is 35.5. The van der Waals surface area contributed by atoms with Crippen LogP contribution in [0.25, 0.3) is 22.7 Å². The Morgan fingerprint density at radius 2 is 0.712 bits per heavy atom. The van der Waals surface area contributed by atoms with Gasteiger partial charge in [0.05, 0.1) is 31.3 Å². The van der Waals surface area contributed by atoms with Crippen molar-refractivity contribution in [1.82, 2.24) is 34.5 Å². The summed E-state index contributed by atoms with van der Waals surface area (Å²) in [5.41, 5.74) is 13.6. The Labute approximate surface area is 433 Å². The number of nitrogens with zero attached hydrogens (tertiary/aromatic N) is 12. The molecule has 0 aliphatic carbocycles. The number of alkyl halides is 1. The van der Waals surface area contributed by atoms with Crippen LogP contribution in [-0.4, -0.2) is 41.6 Å². The third-order valence-corrected chi connectivity index (χ3v) is 12.8. The molecule has 0 bridgehead atoms. The van der Waals surface area contributed by atoms with E-state index < -0.39 is 7.15 Å². The minimum atomic E-state index is -1.00. The van der Waals surface area contributed by atoms with Crippen LogP contribution in [0, 0.1) is 41.5 Å². The van der Waals surface area contributed by atoms with Crippen molar-refractivity contribution < 1.29 is 22.7 Å². The highest BCUT2D eigenvalue weighted by Crippen LogP contribution is 2.57. The molecule has 12 nitrogen and oxygen atoms in total. The molecular weight excluding hydrogens is 931 g/mol. The second kappa shape index (κ2) is 21.7. The fraction of sp³-hybridized carbons (Fsp3) is 0.136. The van der Waals surface area contributed by atoms with Crippen molar-refractivity contribution in [3.63, 3.8) is 0 Å². The first-order valence-corrected chi connectivity index (χ1v) is 23.2. The number of rotatable bonds is 6. The van der Waals surface area contributed by atoms with Crippen LogP contribution in [0.5, 0.6) is 0 Å². The van der Waals surface area contributed by atoms with E-state index in [-0.39, 0.29) is 19.8 Å². The summed E-state index contributed by atoms with van der Waals surface area (Å²) in [5.74, 6) is 6.68. The van der Waals surface area contributed by atoms with Crippen LogP contribution in [0.4, 0.5) is 50.4 Å². The summed E-state index contributed by atoms with van der Waals surface area (Å²) >= 11 is 0. The van der Waals surface area contributed by atoms with Crippen LogP contribution < -0.4 is 36.6 Å². The van der Waals surface area contributed by atoms with Gasteiger partial charge in [-0.05, 0) is 178 Å². The number of hydrogen-bond acceptors (Lipinski definition) is 10. The van der Waals surface area contributed by atoms with Gasteiger partial charge < -0.3 is 12.4 Å². The van der Waals surface area contributed by atoms with Crippen molar-refractivity contribution in [2.75, 3.05) is 26.8 Å². The van der Waals surface area contributed by atoms with E-state index >= 15 is 0 Å². The smallest absolute Gasteiger partial charge is 0.267 e. The number of benzene rings is 3. The lowest BCUT2D eigenvalue weighted by atomic mass is 10.1. The highest BCUT2D eigenvalue weighted by Gasteiger charge is 2.46. The van der Waals surface area contributed by atoms with Crippen LogP contribution in [0.15, 0.2) is 201 Å². The number of anilines is 8. The molecule has 0 atom stereocenters. The zero-order valence-corrected chi connectivity index (χ0v) is 41.5. The van der Waals surface area contributed by atoms with Crippen LogP contribution >= 0.6 is 0 Å². The second-order valence-electron chi connectivity index (χ2n) is 17.2. The normalized spacial score (nSPS) is 12.5. The molecule has 10 aromatic rings. The number of halogens is 2. The molecule has 0 saturated heterocycles. The first-order chi connectivity index (χ1) is 35.2. The summed E-state index contributed by atoms with van der Waals surface area (Å²) in [7, 11) is -1.00. The van der Waals surface area contributed by atoms with Crippen LogP contribution in [0.1, 0.15) is 42.2 Å². The van der Waals surface area contributed by atoms with Gasteiger partial charge in [-0.15, -0.1) is 4.98 Å². The molecule has 0 amide bonds. The zero-order valence-electron chi connectivity index (χ0n) is 41.7. The molecule has 0 radical (unpaired) electrons. The number of aromatic nitrogens is 8. The molecule has 9 heterocycles. The van der Waals surface area contributed by atoms with Gasteiger partial charge in [-0.25, -0.2) is 29.5 Å². The van der Waals surface area contributed by atoms with Crippen molar-refractivity contribution in [2.24, 2.45) is 0 Å². The fourth-order valence-electron chi connectivity index (χ4n) is 8.99. The Kier molecular flexibility index (Phi) is 14.6. The molecule has 0 N–H and O–H groups in total. The highest BCUT2D eigenvalue weighted by molar-refractivity contribution is 5.99. The number of hydrogen-bond donors (Lipinski definition) is 0. The zero-order chi connectivity index (χ0) is 49.9. The van der Waals surface area contributed by atoms with Gasteiger partial charge in [-0.2, -0.15) is 4.57 Å². The van der Waals surface area contributed by atoms with E-state index in [1.54, 1.807) is 0 Å². The molecule has 0 saturated carbocycles. The summed E-state index contributed by atoms with van der Waals surface area (Å²) in [6, 6.07) is 49.4. The minimum Gasteiger partial charge on any atom is -1.00 e. The maximum absolute atomic E-state index is 9.96. The molecule has 73 heavy (non-hydrogen) atoms. The molecule has 366 valence electrons. The summed E-state index contributed by atoms with van der Waals surface area (Å²) in [6.45, 7) is 12.9. The van der Waals surface area contributed by atoms with Crippen molar-refractivity contribution in [2.45, 2.75) is 49.0 Å². The molecular formula is C59H56ClFN12. The number of fused-ring (bicyclic) bond motifs is 3. The largest absolute Gasteiger partial charge is 1.00 e. The minimum absolute atomic E-state index is 0. The summed E-state index contributed by atoms with van der Waals surface area (Å²) in [4.78, 5) is 37.6. The number of pyridine rings is 6. The van der Waals surface area contributed by atoms with E-state index in [1.807, 2.05) is 153 Å². The Balaban J connectivity index is 0.000000219. The standard InChI is InChI=1S/C38H32N8.C19H17N4.CH3F.CH4.ClH/c1-25-21-29-30(22-26(25)2)44(34-14-6-10-18-40-34)37(43(29)33-13-5-9-17-39-33)38-45(35-15-7-11-19-41-35)31-23-27(3)28(4)24-32(31)46(38)36-16-8-12-20-42-36;1-14-11-16-17(12-15(14)2)23(19-8-4-6-10-21-19)13-22(16)18-7-3-5-9-20-18;1-2;;/h5-24H,1-4H3;3-13H,1-2H3;1H3;1H4;1H/q;+1;;;/p-1/i;;1D;;. The van der Waals surface area contributed by atoms with Gasteiger partial charge in [0.25, 0.3) is 5.82 Å². The van der Waals surface area contributed by atoms with Gasteiger partial charge in [0.15, 0.2) is 17.5 Å². The quantitative estimate of drug-likeness (QED) is 0.150. The van der Waals surface area contributed by atoms with E-state index in [0.717, 1.165) is 80.3 Å². The molecule has 3 aromatic carbocycles. The predicted molar refractivity (Wildman–Crippen MR) is 288 cm³/mol. The summed E-state index contributed by atoms with van der Waals surface area (Å²) in [5, 5.41) is 0. The lowest BCUT2D eigenvalue weighted by Gasteiger charge is -2.32. The topological polar surface area (TPSA) is 99.1 Å². The van der Waals surface area contributed by atoms with E-state index in [9.17, 15) is 4.39 Å². The Morgan fingerprint density at radius 1 is 0.411 bits per heavy atom. The van der Waals surface area contributed by atoms with Gasteiger partial charge in [0.1, 0.15) is 40.5 Å². The van der Waals surface area contributed by atoms with Crippen molar-refractivity contribution in [1.29, 1.82) is 0 Å². The number of imidazole rings is 1. The average Bonchev–Trinajstić information content (AvgIpc) is 4.07. The van der Waals surface area contributed by atoms with Crippen molar-refractivity contribution in [3.8, 4) is 11.6 Å². The SMILES string of the molecule is C.Cc1cc2c(cc1C)N(c1ccccn1)C(=C1N(c3ccccn3)c3cc(C)c(C)cc3N1c1ccccn1)N2c1ccccn1.Cc1cc2c(cc1C)[n+](-c1ccccn1)cn2-c1ccccn1.[2H]CF.[Cl-]. The monoisotopic (exact) mass is 987 g/mol. The van der Waals surface area contributed by atoms with Gasteiger partial charge >= 0.3 is 0 Å². The van der Waals surface area contributed by atoms with Gasteiger partial charge in [0.2, 0.25) is 6.33 Å². The Hall–Kier alpha value is -8.81. The summed E-state index contributed by atoms with van der Waals surface area (Å²) in [6.07, 6.45) is 13.0. The van der Waals surface area contributed by atoms with Crippen LogP contribution in [0.2, 0.25) is 0 Å². The van der Waals surface area contributed by atoms with E-state index in [1.165, 1.54) is 33.4 Å². The Bertz CT molecular complexity index is 3170. The van der Waals surface area contributed by atoms with Gasteiger partial charge in [-0.1, -0.05) is 43.8 Å². The van der Waals surface area contributed by atoms with Gasteiger partial charge in [-0.3, -0.25) is 24.0 Å². The molecule has 0 fully saturated rings. The van der Waals surface area contributed by atoms with Crippen LogP contribution in [-0.2, 0) is 0 Å². The summed E-state index contributed by atoms with van der Waals surface area (Å²) < 4.78 is 19.7. The lowest BCUT2D eigenvalue weighted by molar-refractivity contribution is -0.571. The molecule has 0 unspecified atom stereocenters. The van der Waals surface area contributed by atoms with E-state index in [4.69, 9.17) is 21.3 Å². The predicted octanol–water partition coefficient (Wildman–Crippen LogP) is 10.4. The first-order valence-electron chi connectivity index (χ1n) is 23.9. The molecule has 0 spiro atoms. The van der Waals surface area contributed by atoms with E-state index in [0.29, 0.717) is 0 Å². The average molecular weight is 989 g/mol. The van der Waals surface area contributed by atoms with Crippen molar-refractivity contribution in [3.05, 3.63) is 234 Å². The fourth-order valence-corrected chi connectivity index (χ4v) is 8.99. The van der Waals surface area contributed by atoms with Gasteiger partial charge in [0, 0.05) is 37.1 Å². The Morgan fingerprint density at radius 3 is 1.03 bits per heavy atom. The molecule has 2 aliphatic rings. The van der Waals surface area contributed by atoms with E-state index in [2.05, 4.69) is 117 Å². The third-order valence-electron chi connectivity index (χ3n) is 12.8. The molecule has 12 rings (SSSR count). The maximum Gasteiger partial charge on any atom is 0.267 e. The molecule has 14 heteroatoms. The second-order valence-corrected chi connectivity index (χ2v) is 17.2. The molecule has 2 aliphatic heterocycles. The third kappa shape index (κ3) is 9.34. The number of aryl methyl sites for hydroxylation is 6. The van der Waals surface area contributed by atoms with Crippen molar-refractivity contribution >= 4 is 57.1 Å². The van der Waals surface area contributed by atoms with Crippen LogP contribution in [0.3, 0.4) is 0 Å². The molecule has 7 aromatic heterocycles. The first kappa shape index (κ1) is 49.2.